The van der Waals surface area contributed by atoms with Crippen molar-refractivity contribution in [1.29, 1.82) is 0 Å². The second kappa shape index (κ2) is 4.60. The highest BCUT2D eigenvalue weighted by Gasteiger charge is 2.27. The van der Waals surface area contributed by atoms with Gasteiger partial charge in [0, 0.05) is 18.7 Å². The molecule has 4 rings (SSSR count). The van der Waals surface area contributed by atoms with Gasteiger partial charge in [0.2, 0.25) is 0 Å². The second-order valence-corrected chi connectivity index (χ2v) is 5.89. The zero-order valence-corrected chi connectivity index (χ0v) is 11.2. The molecule has 1 saturated heterocycles. The molecule has 0 spiro atoms. The van der Waals surface area contributed by atoms with Gasteiger partial charge < -0.3 is 9.88 Å². The third-order valence-electron chi connectivity index (χ3n) is 4.60. The monoisotopic (exact) mass is 256 g/mol. The standard InChI is InChI=1S/C15H20N4/c1-3-12(4-1)19-14(9-11-6-8-16-10-11)18-13-5-2-7-17-15(13)19/h2,5,7,11-12,16H,1,3-4,6,8-10H2. The molecule has 0 amide bonds. The summed E-state index contributed by atoms with van der Waals surface area (Å²) in [4.78, 5) is 9.42. The van der Waals surface area contributed by atoms with E-state index in [-0.39, 0.29) is 0 Å². The lowest BCUT2D eigenvalue weighted by atomic mass is 9.92. The summed E-state index contributed by atoms with van der Waals surface area (Å²) in [5.74, 6) is 2.00. The summed E-state index contributed by atoms with van der Waals surface area (Å²) in [6, 6.07) is 4.72. The van der Waals surface area contributed by atoms with Crippen molar-refractivity contribution in [2.75, 3.05) is 13.1 Å². The van der Waals surface area contributed by atoms with Gasteiger partial charge in [0.15, 0.2) is 5.65 Å². The van der Waals surface area contributed by atoms with Gasteiger partial charge in [-0.2, -0.15) is 0 Å². The molecule has 1 aliphatic heterocycles. The Labute approximate surface area is 113 Å². The number of hydrogen-bond acceptors (Lipinski definition) is 3. The number of aromatic nitrogens is 3. The first-order valence-electron chi connectivity index (χ1n) is 7.44. The number of hydrogen-bond donors (Lipinski definition) is 1. The van der Waals surface area contributed by atoms with E-state index in [1.54, 1.807) is 0 Å². The third kappa shape index (κ3) is 1.94. The molecule has 0 bridgehead atoms. The number of nitrogens with one attached hydrogen (secondary N) is 1. The Balaban J connectivity index is 1.74. The van der Waals surface area contributed by atoms with Crippen LogP contribution in [-0.4, -0.2) is 27.6 Å². The summed E-state index contributed by atoms with van der Waals surface area (Å²) < 4.78 is 2.43. The SMILES string of the molecule is c1cnc2c(c1)nc(CC1CCNC1)n2C1CCC1. The van der Waals surface area contributed by atoms with Crippen LogP contribution in [0.3, 0.4) is 0 Å². The minimum absolute atomic E-state index is 0.643. The predicted octanol–water partition coefficient (Wildman–Crippen LogP) is 2.31. The molecule has 3 heterocycles. The fourth-order valence-corrected chi connectivity index (χ4v) is 3.30. The van der Waals surface area contributed by atoms with E-state index in [1.165, 1.54) is 31.5 Å². The van der Waals surface area contributed by atoms with Crippen LogP contribution >= 0.6 is 0 Å². The van der Waals surface area contributed by atoms with Gasteiger partial charge in [0.05, 0.1) is 0 Å². The van der Waals surface area contributed by atoms with Gasteiger partial charge >= 0.3 is 0 Å². The zero-order chi connectivity index (χ0) is 12.7. The lowest BCUT2D eigenvalue weighted by molar-refractivity contribution is 0.308. The van der Waals surface area contributed by atoms with Crippen LogP contribution in [0.15, 0.2) is 18.3 Å². The molecular weight excluding hydrogens is 236 g/mol. The van der Waals surface area contributed by atoms with Gasteiger partial charge in [-0.3, -0.25) is 0 Å². The molecule has 0 aromatic carbocycles. The van der Waals surface area contributed by atoms with Crippen molar-refractivity contribution in [3.05, 3.63) is 24.2 Å². The summed E-state index contributed by atoms with van der Waals surface area (Å²) >= 11 is 0. The van der Waals surface area contributed by atoms with Crippen molar-refractivity contribution in [3.63, 3.8) is 0 Å². The summed E-state index contributed by atoms with van der Waals surface area (Å²) in [6.45, 7) is 2.30. The van der Waals surface area contributed by atoms with E-state index in [0.29, 0.717) is 6.04 Å². The Hall–Kier alpha value is -1.42. The maximum Gasteiger partial charge on any atom is 0.160 e. The first kappa shape index (κ1) is 11.4. The Bertz CT molecular complexity index is 579. The van der Waals surface area contributed by atoms with Crippen LogP contribution in [0.2, 0.25) is 0 Å². The van der Waals surface area contributed by atoms with E-state index < -0.39 is 0 Å². The van der Waals surface area contributed by atoms with Crippen molar-refractivity contribution in [2.24, 2.45) is 5.92 Å². The van der Waals surface area contributed by atoms with Gasteiger partial charge in [-0.15, -0.1) is 0 Å². The number of fused-ring (bicyclic) bond motifs is 1. The highest BCUT2D eigenvalue weighted by atomic mass is 15.2. The Morgan fingerprint density at radius 3 is 3.00 bits per heavy atom. The van der Waals surface area contributed by atoms with Crippen molar-refractivity contribution in [2.45, 2.75) is 38.1 Å². The summed E-state index contributed by atoms with van der Waals surface area (Å²) in [5, 5.41) is 3.45. The molecular formula is C15H20N4. The molecule has 19 heavy (non-hydrogen) atoms. The van der Waals surface area contributed by atoms with Crippen LogP contribution in [0, 0.1) is 5.92 Å². The smallest absolute Gasteiger partial charge is 0.160 e. The lowest BCUT2D eigenvalue weighted by Gasteiger charge is -2.29. The van der Waals surface area contributed by atoms with Crippen LogP contribution < -0.4 is 5.32 Å². The third-order valence-corrected chi connectivity index (χ3v) is 4.60. The van der Waals surface area contributed by atoms with Gasteiger partial charge in [-0.05, 0) is 56.8 Å². The van der Waals surface area contributed by atoms with Crippen molar-refractivity contribution in [3.8, 4) is 0 Å². The Morgan fingerprint density at radius 2 is 2.26 bits per heavy atom. The van der Waals surface area contributed by atoms with Crippen molar-refractivity contribution in [1.82, 2.24) is 19.9 Å². The fourth-order valence-electron chi connectivity index (χ4n) is 3.30. The van der Waals surface area contributed by atoms with E-state index in [0.717, 1.165) is 36.6 Å². The molecule has 4 nitrogen and oxygen atoms in total. The van der Waals surface area contributed by atoms with Gasteiger partial charge in [-0.25, -0.2) is 9.97 Å². The topological polar surface area (TPSA) is 42.7 Å². The molecule has 2 aromatic rings. The van der Waals surface area contributed by atoms with E-state index in [4.69, 9.17) is 4.98 Å². The van der Waals surface area contributed by atoms with E-state index in [9.17, 15) is 0 Å². The normalized spacial score (nSPS) is 23.9. The summed E-state index contributed by atoms with van der Waals surface area (Å²) in [5.41, 5.74) is 2.16. The van der Waals surface area contributed by atoms with Gasteiger partial charge in [0.25, 0.3) is 0 Å². The van der Waals surface area contributed by atoms with Crippen LogP contribution in [0.5, 0.6) is 0 Å². The molecule has 1 unspecified atom stereocenters. The first-order valence-corrected chi connectivity index (χ1v) is 7.44. The van der Waals surface area contributed by atoms with Crippen LogP contribution in [0.1, 0.15) is 37.5 Å². The average Bonchev–Trinajstić information content (AvgIpc) is 2.97. The maximum absolute atomic E-state index is 4.85. The summed E-state index contributed by atoms with van der Waals surface area (Å²) in [7, 11) is 0. The van der Waals surface area contributed by atoms with Gasteiger partial charge in [-0.1, -0.05) is 0 Å². The molecule has 2 aromatic heterocycles. The molecule has 1 aliphatic carbocycles. The largest absolute Gasteiger partial charge is 0.316 e. The number of imidazole rings is 1. The van der Waals surface area contributed by atoms with Crippen molar-refractivity contribution >= 4 is 11.2 Å². The van der Waals surface area contributed by atoms with E-state index in [2.05, 4.69) is 20.9 Å². The second-order valence-electron chi connectivity index (χ2n) is 5.89. The highest BCUT2D eigenvalue weighted by molar-refractivity contribution is 5.71. The van der Waals surface area contributed by atoms with E-state index >= 15 is 0 Å². The van der Waals surface area contributed by atoms with E-state index in [1.807, 2.05) is 12.3 Å². The fraction of sp³-hybridized carbons (Fsp3) is 0.600. The molecule has 2 fully saturated rings. The lowest BCUT2D eigenvalue weighted by Crippen LogP contribution is -2.21. The zero-order valence-electron chi connectivity index (χ0n) is 11.2. The molecule has 2 aliphatic rings. The number of nitrogens with zero attached hydrogens (tertiary/aromatic N) is 3. The molecule has 4 heteroatoms. The summed E-state index contributed by atoms with van der Waals surface area (Å²) in [6.07, 6.45) is 8.19. The molecule has 1 saturated carbocycles. The molecule has 1 N–H and O–H groups in total. The van der Waals surface area contributed by atoms with Crippen LogP contribution in [0.4, 0.5) is 0 Å². The minimum Gasteiger partial charge on any atom is -0.316 e. The van der Waals surface area contributed by atoms with Crippen molar-refractivity contribution < 1.29 is 0 Å². The highest BCUT2D eigenvalue weighted by Crippen LogP contribution is 2.35. The first-order chi connectivity index (χ1) is 9.42. The average molecular weight is 256 g/mol. The molecule has 100 valence electrons. The minimum atomic E-state index is 0.643. The van der Waals surface area contributed by atoms with Crippen LogP contribution in [0.25, 0.3) is 11.2 Å². The molecule has 1 atom stereocenters. The Kier molecular flexibility index (Phi) is 2.76. The molecule has 0 radical (unpaired) electrons. The Morgan fingerprint density at radius 1 is 1.32 bits per heavy atom. The van der Waals surface area contributed by atoms with Gasteiger partial charge in [0.1, 0.15) is 11.3 Å². The number of pyridine rings is 1. The number of rotatable bonds is 3. The predicted molar refractivity (Wildman–Crippen MR) is 75.1 cm³/mol. The maximum atomic E-state index is 4.85. The quantitative estimate of drug-likeness (QED) is 0.916. The van der Waals surface area contributed by atoms with Crippen LogP contribution in [-0.2, 0) is 6.42 Å².